The van der Waals surface area contributed by atoms with Crippen molar-refractivity contribution >= 4 is 40.0 Å². The predicted octanol–water partition coefficient (Wildman–Crippen LogP) is 5.49. The molecule has 0 fully saturated rings. The zero-order valence-electron chi connectivity index (χ0n) is 12.4. The van der Waals surface area contributed by atoms with Crippen LogP contribution in [-0.2, 0) is 0 Å². The van der Waals surface area contributed by atoms with Gasteiger partial charge in [0.2, 0.25) is 0 Å². The van der Waals surface area contributed by atoms with Gasteiger partial charge in [0.15, 0.2) is 5.78 Å². The Morgan fingerprint density at radius 1 is 1.14 bits per heavy atom. The molecule has 1 heterocycles. The Morgan fingerprint density at radius 3 is 2.55 bits per heavy atom. The standard InChI is InChI=1S/C18H16ClNOS/c1-11-17(15-5-3-4-6-16(15)20-11)18(21)12(2)22-14-9-7-13(19)8-10-14/h3-10,12,20H,1-2H3/t12-/m0/s1. The Bertz CT molecular complexity index is 823. The SMILES string of the molecule is Cc1[nH]c2ccccc2c1C(=O)[C@H](C)Sc1ccc(Cl)cc1. The van der Waals surface area contributed by atoms with Gasteiger partial charge >= 0.3 is 0 Å². The second kappa shape index (κ2) is 6.19. The van der Waals surface area contributed by atoms with Gasteiger partial charge in [-0.2, -0.15) is 0 Å². The van der Waals surface area contributed by atoms with Gasteiger partial charge in [-0.3, -0.25) is 4.79 Å². The first-order valence-electron chi connectivity index (χ1n) is 7.10. The summed E-state index contributed by atoms with van der Waals surface area (Å²) in [6.45, 7) is 3.90. The van der Waals surface area contributed by atoms with Gasteiger partial charge in [-0.05, 0) is 44.2 Å². The van der Waals surface area contributed by atoms with E-state index in [9.17, 15) is 4.79 Å². The number of aryl methyl sites for hydroxylation is 1. The summed E-state index contributed by atoms with van der Waals surface area (Å²) in [5.41, 5.74) is 2.73. The second-order valence-electron chi connectivity index (χ2n) is 5.25. The summed E-state index contributed by atoms with van der Waals surface area (Å²) in [5.74, 6) is 0.148. The monoisotopic (exact) mass is 329 g/mol. The van der Waals surface area contributed by atoms with Crippen molar-refractivity contribution in [1.29, 1.82) is 0 Å². The molecule has 0 radical (unpaired) electrons. The average molecular weight is 330 g/mol. The van der Waals surface area contributed by atoms with Gasteiger partial charge in [0.05, 0.1) is 5.25 Å². The minimum Gasteiger partial charge on any atom is -0.358 e. The zero-order valence-corrected chi connectivity index (χ0v) is 14.0. The van der Waals surface area contributed by atoms with E-state index in [1.807, 2.05) is 62.4 Å². The molecule has 0 amide bonds. The molecule has 22 heavy (non-hydrogen) atoms. The molecule has 0 saturated carbocycles. The second-order valence-corrected chi connectivity index (χ2v) is 7.10. The molecule has 0 bridgehead atoms. The van der Waals surface area contributed by atoms with Crippen LogP contribution in [0.2, 0.25) is 5.02 Å². The third kappa shape index (κ3) is 2.92. The fourth-order valence-electron chi connectivity index (χ4n) is 2.57. The highest BCUT2D eigenvalue weighted by atomic mass is 35.5. The summed E-state index contributed by atoms with van der Waals surface area (Å²) in [6.07, 6.45) is 0. The molecule has 0 aliphatic heterocycles. The summed E-state index contributed by atoms with van der Waals surface area (Å²) < 4.78 is 0. The van der Waals surface area contributed by atoms with Crippen LogP contribution in [0.4, 0.5) is 0 Å². The number of hydrogen-bond acceptors (Lipinski definition) is 2. The predicted molar refractivity (Wildman–Crippen MR) is 94.1 cm³/mol. The normalized spacial score (nSPS) is 12.5. The van der Waals surface area contributed by atoms with Crippen LogP contribution in [0.5, 0.6) is 0 Å². The number of para-hydroxylation sites is 1. The molecule has 1 N–H and O–H groups in total. The van der Waals surface area contributed by atoms with Crippen molar-refractivity contribution in [3.8, 4) is 0 Å². The van der Waals surface area contributed by atoms with Crippen molar-refractivity contribution in [2.24, 2.45) is 0 Å². The Morgan fingerprint density at radius 2 is 1.82 bits per heavy atom. The highest BCUT2D eigenvalue weighted by Gasteiger charge is 2.22. The molecule has 3 aromatic rings. The van der Waals surface area contributed by atoms with Crippen molar-refractivity contribution in [3.05, 3.63) is 64.8 Å². The maximum absolute atomic E-state index is 12.8. The minimum atomic E-state index is -0.154. The van der Waals surface area contributed by atoms with E-state index in [0.29, 0.717) is 5.02 Å². The fraction of sp³-hybridized carbons (Fsp3) is 0.167. The van der Waals surface area contributed by atoms with Gasteiger partial charge < -0.3 is 4.98 Å². The number of aromatic nitrogens is 1. The van der Waals surface area contributed by atoms with E-state index < -0.39 is 0 Å². The van der Waals surface area contributed by atoms with E-state index in [2.05, 4.69) is 4.98 Å². The smallest absolute Gasteiger partial charge is 0.178 e. The molecular weight excluding hydrogens is 314 g/mol. The van der Waals surface area contributed by atoms with Crippen LogP contribution in [0.15, 0.2) is 53.4 Å². The van der Waals surface area contributed by atoms with E-state index in [-0.39, 0.29) is 11.0 Å². The van der Waals surface area contributed by atoms with E-state index in [1.165, 1.54) is 0 Å². The zero-order chi connectivity index (χ0) is 15.7. The van der Waals surface area contributed by atoms with Gasteiger partial charge in [-0.25, -0.2) is 0 Å². The summed E-state index contributed by atoms with van der Waals surface area (Å²) in [4.78, 5) is 17.2. The Balaban J connectivity index is 1.88. The maximum atomic E-state index is 12.8. The Kier molecular flexibility index (Phi) is 4.27. The number of fused-ring (bicyclic) bond motifs is 1. The average Bonchev–Trinajstić information content (AvgIpc) is 2.84. The van der Waals surface area contributed by atoms with Crippen LogP contribution >= 0.6 is 23.4 Å². The number of carbonyl (C=O) groups excluding carboxylic acids is 1. The molecule has 0 aliphatic rings. The molecule has 3 rings (SSSR count). The largest absolute Gasteiger partial charge is 0.358 e. The van der Waals surface area contributed by atoms with Gasteiger partial charge in [-0.1, -0.05) is 29.8 Å². The van der Waals surface area contributed by atoms with Gasteiger partial charge in [-0.15, -0.1) is 11.8 Å². The number of nitrogens with one attached hydrogen (secondary N) is 1. The number of H-pyrrole nitrogens is 1. The van der Waals surface area contributed by atoms with Crippen LogP contribution in [0.3, 0.4) is 0 Å². The van der Waals surface area contributed by atoms with Gasteiger partial charge in [0.1, 0.15) is 0 Å². The van der Waals surface area contributed by atoms with Crippen LogP contribution in [0.1, 0.15) is 23.0 Å². The van der Waals surface area contributed by atoms with Crippen molar-refractivity contribution in [2.75, 3.05) is 0 Å². The topological polar surface area (TPSA) is 32.9 Å². The Hall–Kier alpha value is -1.71. The lowest BCUT2D eigenvalue weighted by atomic mass is 10.1. The molecule has 2 aromatic carbocycles. The lowest BCUT2D eigenvalue weighted by Crippen LogP contribution is -2.14. The molecule has 2 nitrogen and oxygen atoms in total. The molecular formula is C18H16ClNOS. The number of carbonyl (C=O) groups is 1. The molecule has 0 unspecified atom stereocenters. The third-order valence-electron chi connectivity index (χ3n) is 3.64. The number of halogens is 1. The number of Topliss-reactive ketones (excluding diaryl/α,β-unsaturated/α-hetero) is 1. The van der Waals surface area contributed by atoms with Crippen molar-refractivity contribution in [3.63, 3.8) is 0 Å². The van der Waals surface area contributed by atoms with E-state index in [0.717, 1.165) is 27.1 Å². The first-order chi connectivity index (χ1) is 10.6. The number of benzene rings is 2. The van der Waals surface area contributed by atoms with Crippen LogP contribution in [-0.4, -0.2) is 16.0 Å². The van der Waals surface area contributed by atoms with E-state index in [1.54, 1.807) is 11.8 Å². The first-order valence-corrected chi connectivity index (χ1v) is 8.36. The first kappa shape index (κ1) is 15.2. The van der Waals surface area contributed by atoms with E-state index in [4.69, 9.17) is 11.6 Å². The van der Waals surface area contributed by atoms with E-state index >= 15 is 0 Å². The number of aromatic amines is 1. The fourth-order valence-corrected chi connectivity index (χ4v) is 3.62. The summed E-state index contributed by atoms with van der Waals surface area (Å²) >= 11 is 7.45. The van der Waals surface area contributed by atoms with Gasteiger partial charge in [0, 0.05) is 32.1 Å². The third-order valence-corrected chi connectivity index (χ3v) is 5.00. The summed E-state index contributed by atoms with van der Waals surface area (Å²) in [7, 11) is 0. The van der Waals surface area contributed by atoms with Crippen molar-refractivity contribution in [1.82, 2.24) is 4.98 Å². The summed E-state index contributed by atoms with van der Waals surface area (Å²) in [6, 6.07) is 15.5. The summed E-state index contributed by atoms with van der Waals surface area (Å²) in [5, 5.41) is 1.54. The van der Waals surface area contributed by atoms with Crippen LogP contribution in [0.25, 0.3) is 10.9 Å². The number of hydrogen-bond donors (Lipinski definition) is 1. The molecule has 0 spiro atoms. The number of thioether (sulfide) groups is 1. The maximum Gasteiger partial charge on any atom is 0.178 e. The Labute approximate surface area is 138 Å². The van der Waals surface area contributed by atoms with Crippen molar-refractivity contribution < 1.29 is 4.79 Å². The minimum absolute atomic E-state index is 0.148. The number of ketones is 1. The van der Waals surface area contributed by atoms with Crippen molar-refractivity contribution in [2.45, 2.75) is 24.0 Å². The molecule has 0 aliphatic carbocycles. The van der Waals surface area contributed by atoms with Gasteiger partial charge in [0.25, 0.3) is 0 Å². The van der Waals surface area contributed by atoms with Crippen LogP contribution < -0.4 is 0 Å². The lowest BCUT2D eigenvalue weighted by molar-refractivity contribution is 0.0995. The quantitative estimate of drug-likeness (QED) is 0.507. The van der Waals surface area contributed by atoms with Crippen LogP contribution in [0, 0.1) is 6.92 Å². The molecule has 112 valence electrons. The lowest BCUT2D eigenvalue weighted by Gasteiger charge is -2.10. The molecule has 1 atom stereocenters. The molecule has 4 heteroatoms. The highest BCUT2D eigenvalue weighted by molar-refractivity contribution is 8.00. The highest BCUT2D eigenvalue weighted by Crippen LogP contribution is 2.30. The number of rotatable bonds is 4. The molecule has 0 saturated heterocycles. The molecule has 1 aromatic heterocycles.